The molecule has 1 aliphatic heterocycles. The number of phenolic OH excluding ortho intramolecular Hbond substituents is 1. The van der Waals surface area contributed by atoms with Crippen molar-refractivity contribution in [2.45, 2.75) is 18.8 Å². The van der Waals surface area contributed by atoms with Crippen molar-refractivity contribution in [1.82, 2.24) is 9.71 Å². The Hall–Kier alpha value is -2.42. The SMILES string of the molecule is O=C1CN(c2c(O)cc3ccc(C4CC4)nc3c2F)S(=O)(=O)N1. The van der Waals surface area contributed by atoms with Gasteiger partial charge in [-0.1, -0.05) is 6.07 Å². The first-order valence-corrected chi connectivity index (χ1v) is 8.46. The summed E-state index contributed by atoms with van der Waals surface area (Å²) in [6.45, 7) is -0.583. The van der Waals surface area contributed by atoms with Crippen LogP contribution >= 0.6 is 0 Å². The quantitative estimate of drug-likeness (QED) is 0.856. The Kier molecular flexibility index (Phi) is 2.80. The molecule has 2 heterocycles. The van der Waals surface area contributed by atoms with E-state index in [4.69, 9.17) is 0 Å². The van der Waals surface area contributed by atoms with Gasteiger partial charge in [0.2, 0.25) is 0 Å². The van der Waals surface area contributed by atoms with Crippen molar-refractivity contribution in [2.24, 2.45) is 0 Å². The van der Waals surface area contributed by atoms with Gasteiger partial charge in [0.25, 0.3) is 5.91 Å². The number of fused-ring (bicyclic) bond motifs is 1. The molecule has 0 bridgehead atoms. The summed E-state index contributed by atoms with van der Waals surface area (Å²) in [5, 5.41) is 10.4. The average molecular weight is 337 g/mol. The molecule has 2 aromatic rings. The van der Waals surface area contributed by atoms with E-state index in [0.717, 1.165) is 18.5 Å². The Labute approximate surface area is 130 Å². The molecule has 4 rings (SSSR count). The molecule has 120 valence electrons. The van der Waals surface area contributed by atoms with Gasteiger partial charge in [0.05, 0.1) is 0 Å². The van der Waals surface area contributed by atoms with Crippen LogP contribution in [0.3, 0.4) is 0 Å². The predicted molar refractivity (Wildman–Crippen MR) is 79.7 cm³/mol. The zero-order valence-corrected chi connectivity index (χ0v) is 12.6. The van der Waals surface area contributed by atoms with Crippen molar-refractivity contribution in [3.05, 3.63) is 29.7 Å². The van der Waals surface area contributed by atoms with Crippen LogP contribution in [0.25, 0.3) is 10.9 Å². The third-order valence-corrected chi connectivity index (χ3v) is 5.34. The van der Waals surface area contributed by atoms with E-state index in [9.17, 15) is 22.7 Å². The summed E-state index contributed by atoms with van der Waals surface area (Å²) in [6, 6.07) is 4.66. The number of amides is 1. The first-order valence-electron chi connectivity index (χ1n) is 7.02. The number of benzene rings is 1. The second kappa shape index (κ2) is 4.54. The lowest BCUT2D eigenvalue weighted by molar-refractivity contribution is -0.117. The van der Waals surface area contributed by atoms with Crippen molar-refractivity contribution >= 4 is 32.7 Å². The van der Waals surface area contributed by atoms with Crippen LogP contribution in [0.2, 0.25) is 0 Å². The predicted octanol–water partition coefficient (Wildman–Crippen LogP) is 1.14. The summed E-state index contributed by atoms with van der Waals surface area (Å²) < 4.78 is 40.9. The van der Waals surface area contributed by atoms with Gasteiger partial charge in [0.15, 0.2) is 5.82 Å². The van der Waals surface area contributed by atoms with E-state index in [0.29, 0.717) is 15.6 Å². The van der Waals surface area contributed by atoms with Crippen LogP contribution in [0, 0.1) is 5.82 Å². The molecule has 1 aliphatic carbocycles. The van der Waals surface area contributed by atoms with E-state index in [1.54, 1.807) is 16.9 Å². The van der Waals surface area contributed by atoms with Crippen molar-refractivity contribution < 1.29 is 22.7 Å². The first-order chi connectivity index (χ1) is 10.9. The van der Waals surface area contributed by atoms with Crippen LogP contribution in [-0.2, 0) is 15.0 Å². The van der Waals surface area contributed by atoms with E-state index < -0.39 is 39.9 Å². The van der Waals surface area contributed by atoms with Gasteiger partial charge in [-0.05, 0) is 25.0 Å². The third-order valence-electron chi connectivity index (χ3n) is 3.96. The summed E-state index contributed by atoms with van der Waals surface area (Å²) in [5.74, 6) is -2.00. The molecule has 0 unspecified atom stereocenters. The van der Waals surface area contributed by atoms with Crippen LogP contribution < -0.4 is 9.03 Å². The van der Waals surface area contributed by atoms with E-state index in [1.165, 1.54) is 6.07 Å². The number of carbonyl (C=O) groups excluding carboxylic acids is 1. The fraction of sp³-hybridized carbons (Fsp3) is 0.286. The molecule has 1 aromatic carbocycles. The zero-order chi connectivity index (χ0) is 16.4. The van der Waals surface area contributed by atoms with Crippen LogP contribution in [0.5, 0.6) is 5.75 Å². The van der Waals surface area contributed by atoms with Crippen LogP contribution in [-0.4, -0.2) is 31.0 Å². The number of aromatic hydroxyl groups is 1. The topological polar surface area (TPSA) is 99.6 Å². The highest BCUT2D eigenvalue weighted by Crippen LogP contribution is 2.42. The molecule has 2 N–H and O–H groups in total. The lowest BCUT2D eigenvalue weighted by Gasteiger charge is -2.18. The molecule has 1 saturated heterocycles. The minimum Gasteiger partial charge on any atom is -0.506 e. The highest BCUT2D eigenvalue weighted by atomic mass is 32.2. The summed E-state index contributed by atoms with van der Waals surface area (Å²) in [7, 11) is -4.21. The van der Waals surface area contributed by atoms with Gasteiger partial charge >= 0.3 is 10.2 Å². The Balaban J connectivity index is 1.94. The monoisotopic (exact) mass is 337 g/mol. The minimum absolute atomic E-state index is 0.0169. The number of halogens is 1. The first kappa shape index (κ1) is 14.2. The number of phenols is 1. The fourth-order valence-electron chi connectivity index (χ4n) is 2.71. The van der Waals surface area contributed by atoms with Gasteiger partial charge < -0.3 is 5.11 Å². The van der Waals surface area contributed by atoms with Crippen molar-refractivity contribution in [3.63, 3.8) is 0 Å². The van der Waals surface area contributed by atoms with Crippen molar-refractivity contribution in [1.29, 1.82) is 0 Å². The molecular weight excluding hydrogens is 325 g/mol. The largest absolute Gasteiger partial charge is 0.506 e. The van der Waals surface area contributed by atoms with Gasteiger partial charge in [-0.15, -0.1) is 0 Å². The molecule has 0 spiro atoms. The number of aromatic nitrogens is 1. The Bertz CT molecular complexity index is 956. The standard InChI is InChI=1S/C14H12FN3O4S/c15-12-13-8(3-4-9(16-13)7-1-2-7)5-10(19)14(12)18-6-11(20)17-23(18,21)22/h3-5,7,19H,1-2,6H2,(H,17,20). The number of nitrogens with one attached hydrogen (secondary N) is 1. The highest BCUT2D eigenvalue weighted by Gasteiger charge is 2.38. The molecule has 9 heteroatoms. The van der Waals surface area contributed by atoms with Crippen LogP contribution in [0.1, 0.15) is 24.5 Å². The molecule has 0 atom stereocenters. The lowest BCUT2D eigenvalue weighted by Crippen LogP contribution is -2.30. The third kappa shape index (κ3) is 2.19. The molecule has 23 heavy (non-hydrogen) atoms. The van der Waals surface area contributed by atoms with Gasteiger partial charge in [-0.2, -0.15) is 8.42 Å². The highest BCUT2D eigenvalue weighted by molar-refractivity contribution is 7.92. The molecule has 1 saturated carbocycles. The maximum atomic E-state index is 14.8. The van der Waals surface area contributed by atoms with Crippen molar-refractivity contribution in [2.75, 3.05) is 10.8 Å². The summed E-state index contributed by atoms with van der Waals surface area (Å²) in [5.41, 5.74) is 0.166. The lowest BCUT2D eigenvalue weighted by atomic mass is 10.1. The normalized spacial score (nSPS) is 20.0. The van der Waals surface area contributed by atoms with Gasteiger partial charge in [-0.3, -0.25) is 4.79 Å². The number of hydrogen-bond donors (Lipinski definition) is 2. The van der Waals surface area contributed by atoms with Gasteiger partial charge in [0.1, 0.15) is 23.5 Å². The summed E-state index contributed by atoms with van der Waals surface area (Å²) in [4.78, 5) is 15.6. The number of hydrogen-bond acceptors (Lipinski definition) is 5. The fourth-order valence-corrected chi connectivity index (χ4v) is 3.87. The van der Waals surface area contributed by atoms with E-state index >= 15 is 0 Å². The molecule has 2 aliphatic rings. The van der Waals surface area contributed by atoms with Crippen molar-refractivity contribution in [3.8, 4) is 5.75 Å². The smallest absolute Gasteiger partial charge is 0.326 e. The second-order valence-electron chi connectivity index (χ2n) is 5.68. The van der Waals surface area contributed by atoms with Crippen LogP contribution in [0.4, 0.5) is 10.1 Å². The molecule has 7 nitrogen and oxygen atoms in total. The van der Waals surface area contributed by atoms with E-state index in [1.807, 2.05) is 0 Å². The Morgan fingerprint density at radius 1 is 1.35 bits per heavy atom. The second-order valence-corrected chi connectivity index (χ2v) is 7.27. The van der Waals surface area contributed by atoms with E-state index in [2.05, 4.69) is 4.98 Å². The number of nitrogens with zero attached hydrogens (tertiary/aromatic N) is 2. The number of carbonyl (C=O) groups is 1. The average Bonchev–Trinajstić information content (AvgIpc) is 3.26. The number of pyridine rings is 1. The van der Waals surface area contributed by atoms with E-state index in [-0.39, 0.29) is 5.52 Å². The maximum absolute atomic E-state index is 14.8. The molecular formula is C14H12FN3O4S. The minimum atomic E-state index is -4.21. The Morgan fingerprint density at radius 3 is 2.70 bits per heavy atom. The molecule has 2 fully saturated rings. The van der Waals surface area contributed by atoms with Crippen LogP contribution in [0.15, 0.2) is 18.2 Å². The van der Waals surface area contributed by atoms with Gasteiger partial charge in [-0.25, -0.2) is 18.4 Å². The van der Waals surface area contributed by atoms with Gasteiger partial charge in [0, 0.05) is 17.0 Å². The molecule has 1 aromatic heterocycles. The summed E-state index contributed by atoms with van der Waals surface area (Å²) >= 11 is 0. The Morgan fingerprint density at radius 2 is 2.09 bits per heavy atom. The maximum Gasteiger partial charge on any atom is 0.326 e. The zero-order valence-electron chi connectivity index (χ0n) is 11.8. The number of anilines is 1. The molecule has 1 amide bonds. The molecule has 0 radical (unpaired) electrons. The summed E-state index contributed by atoms with van der Waals surface area (Å²) in [6.07, 6.45) is 1.98. The number of rotatable bonds is 2.